The topological polar surface area (TPSA) is 92.6 Å². The lowest BCUT2D eigenvalue weighted by Crippen LogP contribution is -2.37. The Bertz CT molecular complexity index is 577. The number of nitrogens with one attached hydrogen (secondary N) is 1. The van der Waals surface area contributed by atoms with Crippen molar-refractivity contribution in [3.63, 3.8) is 0 Å². The van der Waals surface area contributed by atoms with Gasteiger partial charge in [0.1, 0.15) is 0 Å². The normalized spacial score (nSPS) is 11.6. The zero-order valence-electron chi connectivity index (χ0n) is 11.9. The Kier molecular flexibility index (Phi) is 5.34. The minimum absolute atomic E-state index is 0.00953. The summed E-state index contributed by atoms with van der Waals surface area (Å²) >= 11 is 0. The van der Waals surface area contributed by atoms with Crippen LogP contribution >= 0.6 is 0 Å². The van der Waals surface area contributed by atoms with Gasteiger partial charge in [-0.05, 0) is 12.1 Å². The van der Waals surface area contributed by atoms with Gasteiger partial charge in [-0.2, -0.15) is 4.39 Å². The third kappa shape index (κ3) is 3.98. The van der Waals surface area contributed by atoms with E-state index < -0.39 is 28.3 Å². The van der Waals surface area contributed by atoms with Crippen LogP contribution in [-0.4, -0.2) is 42.3 Å². The zero-order chi connectivity index (χ0) is 16.2. The van der Waals surface area contributed by atoms with Crippen LogP contribution in [0.2, 0.25) is 0 Å². The molecule has 0 radical (unpaired) electrons. The van der Waals surface area contributed by atoms with Crippen LogP contribution in [-0.2, 0) is 4.79 Å². The summed E-state index contributed by atoms with van der Waals surface area (Å²) in [5, 5.41) is 13.0. The fourth-order valence-electron chi connectivity index (χ4n) is 1.83. The van der Waals surface area contributed by atoms with Crippen LogP contribution in [0.1, 0.15) is 17.3 Å². The number of hydrogen-bond donors (Lipinski definition) is 1. The molecule has 0 heterocycles. The lowest BCUT2D eigenvalue weighted by Gasteiger charge is -2.20. The molecule has 0 aliphatic rings. The first kappa shape index (κ1) is 16.5. The molecule has 0 spiro atoms. The van der Waals surface area contributed by atoms with Crippen LogP contribution < -0.4 is 5.32 Å². The molecule has 1 N–H and O–H groups in total. The van der Waals surface area contributed by atoms with Crippen molar-refractivity contribution in [3.05, 3.63) is 39.7 Å². The van der Waals surface area contributed by atoms with Crippen molar-refractivity contribution in [1.82, 2.24) is 10.2 Å². The molecule has 0 aliphatic heterocycles. The average molecular weight is 297 g/mol. The molecule has 0 aliphatic carbocycles. The lowest BCUT2D eigenvalue weighted by molar-refractivity contribution is -0.387. The minimum Gasteiger partial charge on any atom is -0.359 e. The van der Waals surface area contributed by atoms with Gasteiger partial charge in [-0.3, -0.25) is 19.7 Å². The van der Waals surface area contributed by atoms with Crippen LogP contribution in [0.5, 0.6) is 0 Å². The second-order valence-electron chi connectivity index (χ2n) is 4.62. The van der Waals surface area contributed by atoms with Crippen LogP contribution in [0.15, 0.2) is 18.2 Å². The average Bonchev–Trinajstić information content (AvgIpc) is 2.44. The second-order valence-corrected chi connectivity index (χ2v) is 4.62. The first-order valence-electron chi connectivity index (χ1n) is 6.19. The van der Waals surface area contributed by atoms with Crippen LogP contribution in [0, 0.1) is 21.8 Å². The van der Waals surface area contributed by atoms with Crippen molar-refractivity contribution < 1.29 is 18.9 Å². The molecule has 7 nitrogen and oxygen atoms in total. The number of benzene rings is 1. The molecule has 114 valence electrons. The van der Waals surface area contributed by atoms with Gasteiger partial charge >= 0.3 is 5.69 Å². The van der Waals surface area contributed by atoms with E-state index in [0.717, 1.165) is 12.1 Å². The number of carbonyl (C=O) groups is 2. The third-order valence-corrected chi connectivity index (χ3v) is 2.98. The summed E-state index contributed by atoms with van der Waals surface area (Å²) < 4.78 is 13.5. The maximum atomic E-state index is 13.5. The van der Waals surface area contributed by atoms with Gasteiger partial charge in [-0.15, -0.1) is 0 Å². The molecule has 1 unspecified atom stereocenters. The Labute approximate surface area is 120 Å². The van der Waals surface area contributed by atoms with Crippen molar-refractivity contribution in [2.75, 3.05) is 20.6 Å². The predicted molar refractivity (Wildman–Crippen MR) is 73.2 cm³/mol. The third-order valence-electron chi connectivity index (χ3n) is 2.98. The van der Waals surface area contributed by atoms with Gasteiger partial charge in [0, 0.05) is 32.3 Å². The number of amides is 2. The van der Waals surface area contributed by atoms with Crippen molar-refractivity contribution in [2.24, 2.45) is 5.92 Å². The Hall–Kier alpha value is -2.51. The predicted octanol–water partition coefficient (Wildman–Crippen LogP) is 1.19. The van der Waals surface area contributed by atoms with Gasteiger partial charge in [0.05, 0.1) is 10.8 Å². The van der Waals surface area contributed by atoms with Crippen LogP contribution in [0.4, 0.5) is 10.1 Å². The highest BCUT2D eigenvalue weighted by atomic mass is 19.1. The summed E-state index contributed by atoms with van der Waals surface area (Å²) in [6.07, 6.45) is 0. The Balaban J connectivity index is 2.86. The van der Waals surface area contributed by atoms with E-state index in [4.69, 9.17) is 0 Å². The number of rotatable bonds is 5. The molecule has 0 fully saturated rings. The molecule has 1 aromatic rings. The van der Waals surface area contributed by atoms with Gasteiger partial charge in [-0.25, -0.2) is 0 Å². The van der Waals surface area contributed by atoms with E-state index >= 15 is 0 Å². The summed E-state index contributed by atoms with van der Waals surface area (Å²) in [5.41, 5.74) is -0.697. The molecule has 1 rings (SSSR count). The molecule has 2 amide bonds. The summed E-state index contributed by atoms with van der Waals surface area (Å²) in [6.45, 7) is 1.80. The van der Waals surface area contributed by atoms with Crippen molar-refractivity contribution in [1.29, 1.82) is 0 Å². The summed E-state index contributed by atoms with van der Waals surface area (Å²) in [7, 11) is 2.97. The largest absolute Gasteiger partial charge is 0.359 e. The Morgan fingerprint density at radius 2 is 2.10 bits per heavy atom. The summed E-state index contributed by atoms with van der Waals surface area (Å²) in [6, 6.07) is 2.95. The SMILES string of the molecule is CNC(=O)C(C)CN(C)C(=O)c1ccc([N+](=O)[O-])c(F)c1. The zero-order valence-corrected chi connectivity index (χ0v) is 11.9. The Morgan fingerprint density at radius 3 is 2.57 bits per heavy atom. The van der Waals surface area contributed by atoms with E-state index in [-0.39, 0.29) is 18.0 Å². The van der Waals surface area contributed by atoms with E-state index in [2.05, 4.69) is 5.32 Å². The smallest absolute Gasteiger partial charge is 0.304 e. The van der Waals surface area contributed by atoms with Gasteiger partial charge in [0.15, 0.2) is 0 Å². The van der Waals surface area contributed by atoms with Gasteiger partial charge in [0.2, 0.25) is 11.7 Å². The molecular weight excluding hydrogens is 281 g/mol. The summed E-state index contributed by atoms with van der Waals surface area (Å²) in [5.74, 6) is -2.23. The molecular formula is C13H16FN3O4. The number of halogens is 1. The van der Waals surface area contributed by atoms with Crippen LogP contribution in [0.25, 0.3) is 0 Å². The number of nitro groups is 1. The molecule has 8 heteroatoms. The fourth-order valence-corrected chi connectivity index (χ4v) is 1.83. The van der Waals surface area contributed by atoms with Crippen molar-refractivity contribution in [2.45, 2.75) is 6.92 Å². The monoisotopic (exact) mass is 297 g/mol. The highest BCUT2D eigenvalue weighted by Gasteiger charge is 2.21. The second kappa shape index (κ2) is 6.78. The van der Waals surface area contributed by atoms with E-state index in [0.29, 0.717) is 0 Å². The number of nitrogens with zero attached hydrogens (tertiary/aromatic N) is 2. The molecule has 0 aromatic heterocycles. The molecule has 21 heavy (non-hydrogen) atoms. The molecule has 0 bridgehead atoms. The van der Waals surface area contributed by atoms with E-state index in [1.165, 1.54) is 25.1 Å². The molecule has 1 atom stereocenters. The first-order valence-corrected chi connectivity index (χ1v) is 6.19. The number of nitro benzene ring substituents is 1. The first-order chi connectivity index (χ1) is 9.77. The van der Waals surface area contributed by atoms with Gasteiger partial charge < -0.3 is 10.2 Å². The highest BCUT2D eigenvalue weighted by Crippen LogP contribution is 2.19. The highest BCUT2D eigenvalue weighted by molar-refractivity contribution is 5.94. The van der Waals surface area contributed by atoms with E-state index in [1.807, 2.05) is 0 Å². The standard InChI is InChI=1S/C13H16FN3O4/c1-8(12(18)15-2)7-16(3)13(19)9-4-5-11(17(20)21)10(14)6-9/h4-6,8H,7H2,1-3H3,(H,15,18). The van der Waals surface area contributed by atoms with Gasteiger partial charge in [0.25, 0.3) is 5.91 Å². The van der Waals surface area contributed by atoms with E-state index in [1.54, 1.807) is 6.92 Å². The van der Waals surface area contributed by atoms with Crippen molar-refractivity contribution in [3.8, 4) is 0 Å². The van der Waals surface area contributed by atoms with Gasteiger partial charge in [-0.1, -0.05) is 6.92 Å². The minimum atomic E-state index is -1.07. The van der Waals surface area contributed by atoms with Crippen molar-refractivity contribution >= 4 is 17.5 Å². The maximum absolute atomic E-state index is 13.5. The molecule has 0 saturated carbocycles. The lowest BCUT2D eigenvalue weighted by atomic mass is 10.1. The fraction of sp³-hybridized carbons (Fsp3) is 0.385. The van der Waals surface area contributed by atoms with Crippen LogP contribution in [0.3, 0.4) is 0 Å². The molecule has 1 aromatic carbocycles. The Morgan fingerprint density at radius 1 is 1.48 bits per heavy atom. The summed E-state index contributed by atoms with van der Waals surface area (Å²) in [4.78, 5) is 34.4. The maximum Gasteiger partial charge on any atom is 0.304 e. The quantitative estimate of drug-likeness (QED) is 0.652. The number of hydrogen-bond acceptors (Lipinski definition) is 4. The molecule has 0 saturated heterocycles. The number of carbonyl (C=O) groups excluding carboxylic acids is 2. The van der Waals surface area contributed by atoms with E-state index in [9.17, 15) is 24.1 Å².